The van der Waals surface area contributed by atoms with Crippen LogP contribution >= 0.6 is 0 Å². The van der Waals surface area contributed by atoms with E-state index in [2.05, 4.69) is 4.74 Å². The van der Waals surface area contributed by atoms with E-state index in [-0.39, 0.29) is 11.3 Å². The van der Waals surface area contributed by atoms with Crippen molar-refractivity contribution < 1.29 is 27.8 Å². The summed E-state index contributed by atoms with van der Waals surface area (Å²) in [5.41, 5.74) is -0.0518. The molecule has 1 unspecified atom stereocenters. The monoisotopic (exact) mass is 302 g/mol. The molecule has 6 heteroatoms. The summed E-state index contributed by atoms with van der Waals surface area (Å²) in [6.07, 6.45) is -2.56. The summed E-state index contributed by atoms with van der Waals surface area (Å²) >= 11 is 0. The molecule has 0 amide bonds. The van der Waals surface area contributed by atoms with Gasteiger partial charge in [-0.25, -0.2) is 4.79 Å². The number of phenolic OH excluding ortho intramolecular Hbond substituents is 1. The lowest BCUT2D eigenvalue weighted by Crippen LogP contribution is -2.32. The Hall–Kier alpha value is -1.98. The number of esters is 1. The van der Waals surface area contributed by atoms with E-state index >= 15 is 0 Å². The normalized spacial score (nSPS) is 13.3. The van der Waals surface area contributed by atoms with E-state index < -0.39 is 18.2 Å². The number of aromatic hydroxyl groups is 1. The van der Waals surface area contributed by atoms with Gasteiger partial charge < -0.3 is 9.84 Å². The van der Waals surface area contributed by atoms with Crippen LogP contribution in [0.25, 0.3) is 0 Å². The average Bonchev–Trinajstić information content (AvgIpc) is 2.41. The fraction of sp³-hybridized carbons (Fsp3) is 0.400. The summed E-state index contributed by atoms with van der Waals surface area (Å²) in [5.74, 6) is -1.17. The van der Waals surface area contributed by atoms with Gasteiger partial charge in [0.25, 0.3) is 0 Å². The summed E-state index contributed by atoms with van der Waals surface area (Å²) in [7, 11) is 0. The largest absolute Gasteiger partial charge is 0.508 e. The number of halogens is 3. The average molecular weight is 302 g/mol. The number of phenols is 1. The predicted molar refractivity (Wildman–Crippen MR) is 72.0 cm³/mol. The molecule has 0 aromatic heterocycles. The van der Waals surface area contributed by atoms with E-state index in [1.807, 2.05) is 6.92 Å². The minimum atomic E-state index is -4.66. The standard InChI is InChI=1S/C15H17F3O3/c1-2-3-4-5-6-13(15(16,17)18)21-14(20)11-7-9-12(19)10-8-11/h5-10,13,19H,2-4H2,1H3/b6-5+. The van der Waals surface area contributed by atoms with E-state index in [1.165, 1.54) is 30.3 Å². The van der Waals surface area contributed by atoms with Crippen LogP contribution in [0.4, 0.5) is 13.2 Å². The molecule has 0 saturated carbocycles. The van der Waals surface area contributed by atoms with Crippen molar-refractivity contribution in [1.82, 2.24) is 0 Å². The van der Waals surface area contributed by atoms with E-state index in [0.717, 1.165) is 18.9 Å². The van der Waals surface area contributed by atoms with Crippen molar-refractivity contribution in [3.8, 4) is 5.75 Å². The molecular formula is C15H17F3O3. The van der Waals surface area contributed by atoms with Crippen LogP contribution in [0.2, 0.25) is 0 Å². The van der Waals surface area contributed by atoms with Gasteiger partial charge in [-0.1, -0.05) is 25.8 Å². The summed E-state index contributed by atoms with van der Waals surface area (Å²) in [4.78, 5) is 11.7. The smallest absolute Gasteiger partial charge is 0.429 e. The number of benzene rings is 1. The lowest BCUT2D eigenvalue weighted by Gasteiger charge is -2.17. The highest BCUT2D eigenvalue weighted by Crippen LogP contribution is 2.25. The fourth-order valence-corrected chi connectivity index (χ4v) is 1.54. The lowest BCUT2D eigenvalue weighted by atomic mass is 10.2. The Kier molecular flexibility index (Phi) is 6.27. The second kappa shape index (κ2) is 7.71. The number of rotatable bonds is 6. The SMILES string of the molecule is CCCC/C=C/C(OC(=O)c1ccc(O)cc1)C(F)(F)F. The maximum atomic E-state index is 12.8. The molecule has 0 bridgehead atoms. The van der Waals surface area contributed by atoms with E-state index in [0.29, 0.717) is 6.42 Å². The van der Waals surface area contributed by atoms with Gasteiger partial charge in [0.15, 0.2) is 0 Å². The van der Waals surface area contributed by atoms with Crippen LogP contribution in [-0.2, 0) is 4.74 Å². The van der Waals surface area contributed by atoms with Gasteiger partial charge in [-0.15, -0.1) is 0 Å². The van der Waals surface area contributed by atoms with Crippen molar-refractivity contribution >= 4 is 5.97 Å². The molecule has 0 fully saturated rings. The van der Waals surface area contributed by atoms with Gasteiger partial charge in [-0.05, 0) is 36.8 Å². The third-order valence-corrected chi connectivity index (χ3v) is 2.69. The number of alkyl halides is 3. The van der Waals surface area contributed by atoms with E-state index in [9.17, 15) is 18.0 Å². The Morgan fingerprint density at radius 2 is 1.95 bits per heavy atom. The number of allylic oxidation sites excluding steroid dienone is 1. The Morgan fingerprint density at radius 3 is 2.48 bits per heavy atom. The second-order valence-corrected chi connectivity index (χ2v) is 4.48. The molecule has 21 heavy (non-hydrogen) atoms. The van der Waals surface area contributed by atoms with Gasteiger partial charge in [-0.3, -0.25) is 0 Å². The van der Waals surface area contributed by atoms with Crippen molar-refractivity contribution in [3.63, 3.8) is 0 Å². The van der Waals surface area contributed by atoms with Gasteiger partial charge in [0.1, 0.15) is 5.75 Å². The molecule has 0 spiro atoms. The summed E-state index contributed by atoms with van der Waals surface area (Å²) in [5, 5.41) is 9.07. The van der Waals surface area contributed by atoms with Gasteiger partial charge in [0, 0.05) is 0 Å². The molecule has 1 aromatic rings. The Labute approximate surface area is 121 Å². The van der Waals surface area contributed by atoms with Crippen molar-refractivity contribution in [3.05, 3.63) is 42.0 Å². The van der Waals surface area contributed by atoms with Crippen LogP contribution in [0.15, 0.2) is 36.4 Å². The van der Waals surface area contributed by atoms with Crippen LogP contribution in [-0.4, -0.2) is 23.4 Å². The number of ether oxygens (including phenoxy) is 1. The molecule has 1 rings (SSSR count). The highest BCUT2D eigenvalue weighted by Gasteiger charge is 2.41. The molecule has 0 radical (unpaired) electrons. The molecule has 0 aliphatic rings. The quantitative estimate of drug-likeness (QED) is 0.486. The van der Waals surface area contributed by atoms with Crippen molar-refractivity contribution in [2.24, 2.45) is 0 Å². The first-order chi connectivity index (χ1) is 9.84. The van der Waals surface area contributed by atoms with E-state index in [1.54, 1.807) is 0 Å². The fourth-order valence-electron chi connectivity index (χ4n) is 1.54. The third kappa shape index (κ3) is 5.89. The minimum Gasteiger partial charge on any atom is -0.508 e. The lowest BCUT2D eigenvalue weighted by molar-refractivity contribution is -0.189. The van der Waals surface area contributed by atoms with Crippen LogP contribution in [0.3, 0.4) is 0 Å². The molecule has 0 saturated heterocycles. The highest BCUT2D eigenvalue weighted by molar-refractivity contribution is 5.89. The topological polar surface area (TPSA) is 46.5 Å². The number of carbonyl (C=O) groups is 1. The molecule has 1 N–H and O–H groups in total. The van der Waals surface area contributed by atoms with Crippen molar-refractivity contribution in [2.45, 2.75) is 38.5 Å². The predicted octanol–water partition coefficient (Wildman–Crippen LogP) is 4.23. The van der Waals surface area contributed by atoms with Crippen LogP contribution in [0, 0.1) is 0 Å². The van der Waals surface area contributed by atoms with Gasteiger partial charge >= 0.3 is 12.1 Å². The zero-order valence-corrected chi connectivity index (χ0v) is 11.6. The van der Waals surface area contributed by atoms with Gasteiger partial charge in [-0.2, -0.15) is 13.2 Å². The van der Waals surface area contributed by atoms with Crippen LogP contribution in [0.1, 0.15) is 36.5 Å². The maximum Gasteiger partial charge on any atom is 0.429 e. The zero-order chi connectivity index (χ0) is 15.9. The summed E-state index contributed by atoms with van der Waals surface area (Å²) < 4.78 is 42.9. The van der Waals surface area contributed by atoms with Gasteiger partial charge in [0.05, 0.1) is 5.56 Å². The summed E-state index contributed by atoms with van der Waals surface area (Å²) in [6, 6.07) is 4.81. The van der Waals surface area contributed by atoms with Gasteiger partial charge in [0.2, 0.25) is 6.10 Å². The van der Waals surface area contributed by atoms with Crippen molar-refractivity contribution in [1.29, 1.82) is 0 Å². The first-order valence-corrected chi connectivity index (χ1v) is 6.58. The first-order valence-electron chi connectivity index (χ1n) is 6.58. The number of carbonyl (C=O) groups excluding carboxylic acids is 1. The molecule has 0 aliphatic heterocycles. The molecule has 0 aliphatic carbocycles. The Balaban J connectivity index is 2.74. The molecular weight excluding hydrogens is 285 g/mol. The number of hydrogen-bond acceptors (Lipinski definition) is 3. The van der Waals surface area contributed by atoms with E-state index in [4.69, 9.17) is 5.11 Å². The molecule has 1 aromatic carbocycles. The molecule has 1 atom stereocenters. The summed E-state index contributed by atoms with van der Waals surface area (Å²) in [6.45, 7) is 1.93. The molecule has 3 nitrogen and oxygen atoms in total. The Bertz CT molecular complexity index is 478. The van der Waals surface area contributed by atoms with Crippen molar-refractivity contribution in [2.75, 3.05) is 0 Å². The Morgan fingerprint density at radius 1 is 1.33 bits per heavy atom. The van der Waals surface area contributed by atoms with Crippen LogP contribution in [0.5, 0.6) is 5.75 Å². The van der Waals surface area contributed by atoms with Crippen LogP contribution < -0.4 is 0 Å². The highest BCUT2D eigenvalue weighted by atomic mass is 19.4. The second-order valence-electron chi connectivity index (χ2n) is 4.48. The maximum absolute atomic E-state index is 12.8. The first kappa shape index (κ1) is 17.1. The zero-order valence-electron chi connectivity index (χ0n) is 11.6. The molecule has 116 valence electrons. The number of unbranched alkanes of at least 4 members (excludes halogenated alkanes) is 2. The number of hydrogen-bond donors (Lipinski definition) is 1. The minimum absolute atomic E-state index is 0.0518. The molecule has 0 heterocycles. The third-order valence-electron chi connectivity index (χ3n) is 2.69.